The molecule has 0 aliphatic carbocycles. The van der Waals surface area contributed by atoms with Crippen molar-refractivity contribution >= 4 is 16.9 Å². The number of aryl methyl sites for hydroxylation is 3. The molecule has 1 aliphatic heterocycles. The van der Waals surface area contributed by atoms with Crippen molar-refractivity contribution in [3.63, 3.8) is 0 Å². The molecule has 0 saturated heterocycles. The van der Waals surface area contributed by atoms with Gasteiger partial charge < -0.3 is 14.5 Å². The van der Waals surface area contributed by atoms with Crippen LogP contribution in [0.2, 0.25) is 0 Å². The van der Waals surface area contributed by atoms with Crippen LogP contribution in [-0.2, 0) is 24.3 Å². The lowest BCUT2D eigenvalue weighted by molar-refractivity contribution is -0.122. The van der Waals surface area contributed by atoms with Gasteiger partial charge in [0, 0.05) is 25.2 Å². The third-order valence-electron chi connectivity index (χ3n) is 4.63. The molecule has 2 aromatic heterocycles. The largest absolute Gasteiger partial charge is 0.350 e. The average Bonchev–Trinajstić information content (AvgIpc) is 3.06. The molecule has 6 heteroatoms. The molecule has 0 spiro atoms. The zero-order valence-corrected chi connectivity index (χ0v) is 14.0. The van der Waals surface area contributed by atoms with E-state index < -0.39 is 0 Å². The molecule has 4 rings (SSSR count). The predicted octanol–water partition coefficient (Wildman–Crippen LogP) is 1.98. The second-order valence-electron chi connectivity index (χ2n) is 6.49. The van der Waals surface area contributed by atoms with Crippen LogP contribution in [-0.4, -0.2) is 31.1 Å². The van der Waals surface area contributed by atoms with E-state index in [0.717, 1.165) is 47.8 Å². The van der Waals surface area contributed by atoms with Gasteiger partial charge in [0.15, 0.2) is 0 Å². The summed E-state index contributed by atoms with van der Waals surface area (Å²) in [7, 11) is 0. The molecule has 0 unspecified atom stereocenters. The number of amides is 1. The third kappa shape index (κ3) is 2.68. The molecule has 0 fully saturated rings. The van der Waals surface area contributed by atoms with Crippen LogP contribution in [0.25, 0.3) is 11.0 Å². The van der Waals surface area contributed by atoms with Crippen LogP contribution in [0.4, 0.5) is 0 Å². The topological polar surface area (TPSA) is 64.7 Å². The zero-order valence-electron chi connectivity index (χ0n) is 14.0. The summed E-state index contributed by atoms with van der Waals surface area (Å²) in [5.41, 5.74) is 2.97. The maximum Gasteiger partial charge on any atom is 0.240 e. The van der Waals surface area contributed by atoms with Crippen molar-refractivity contribution in [2.45, 2.75) is 45.8 Å². The summed E-state index contributed by atoms with van der Waals surface area (Å²) >= 11 is 0. The molecule has 1 atom stereocenters. The number of nitrogens with one attached hydrogen (secondary N) is 1. The molecule has 0 bridgehead atoms. The number of nitrogens with zero attached hydrogens (tertiary/aromatic N) is 4. The summed E-state index contributed by atoms with van der Waals surface area (Å²) < 4.78 is 4.13. The first-order valence-corrected chi connectivity index (χ1v) is 8.34. The predicted molar refractivity (Wildman–Crippen MR) is 91.7 cm³/mol. The molecule has 0 saturated carbocycles. The van der Waals surface area contributed by atoms with Crippen LogP contribution in [0.1, 0.15) is 23.8 Å². The van der Waals surface area contributed by atoms with Gasteiger partial charge in [0.1, 0.15) is 18.2 Å². The lowest BCUT2D eigenvalue weighted by Gasteiger charge is -2.25. The number of benzene rings is 1. The lowest BCUT2D eigenvalue weighted by atomic mass is 10.1. The average molecular weight is 323 g/mol. The number of para-hydroxylation sites is 2. The number of hydrogen-bond donors (Lipinski definition) is 1. The fraction of sp³-hybridized carbons (Fsp3) is 0.389. The molecule has 1 amide bonds. The summed E-state index contributed by atoms with van der Waals surface area (Å²) in [6, 6.07) is 8.08. The minimum atomic E-state index is 0.0338. The van der Waals surface area contributed by atoms with Gasteiger partial charge in [-0.1, -0.05) is 12.1 Å². The number of imidazole rings is 2. The fourth-order valence-corrected chi connectivity index (χ4v) is 3.52. The normalized spacial score (nSPS) is 17.0. The van der Waals surface area contributed by atoms with E-state index in [9.17, 15) is 4.79 Å². The number of fused-ring (bicyclic) bond motifs is 2. The van der Waals surface area contributed by atoms with Gasteiger partial charge in [-0.3, -0.25) is 4.79 Å². The van der Waals surface area contributed by atoms with E-state index in [2.05, 4.69) is 26.0 Å². The third-order valence-corrected chi connectivity index (χ3v) is 4.63. The fourth-order valence-electron chi connectivity index (χ4n) is 3.52. The number of carbonyl (C=O) groups excluding carboxylic acids is 1. The molecular formula is C18H21N5O. The van der Waals surface area contributed by atoms with Crippen LogP contribution < -0.4 is 5.32 Å². The Hall–Kier alpha value is -2.63. The van der Waals surface area contributed by atoms with Gasteiger partial charge in [0.2, 0.25) is 5.91 Å². The quantitative estimate of drug-likeness (QED) is 0.801. The van der Waals surface area contributed by atoms with E-state index in [4.69, 9.17) is 0 Å². The van der Waals surface area contributed by atoms with Crippen LogP contribution in [0.5, 0.6) is 0 Å². The Kier molecular flexibility index (Phi) is 3.59. The number of carbonyl (C=O) groups is 1. The van der Waals surface area contributed by atoms with E-state index >= 15 is 0 Å². The Labute approximate surface area is 140 Å². The maximum absolute atomic E-state index is 12.5. The Morgan fingerprint density at radius 3 is 3.00 bits per heavy atom. The molecule has 6 nitrogen and oxygen atoms in total. The minimum Gasteiger partial charge on any atom is -0.350 e. The van der Waals surface area contributed by atoms with Crippen molar-refractivity contribution < 1.29 is 4.79 Å². The van der Waals surface area contributed by atoms with Crippen molar-refractivity contribution in [3.05, 3.63) is 47.8 Å². The summed E-state index contributed by atoms with van der Waals surface area (Å²) in [6.45, 7) is 5.05. The highest BCUT2D eigenvalue weighted by Crippen LogP contribution is 2.17. The Bertz CT molecular complexity index is 907. The molecule has 1 N–H and O–H groups in total. The molecule has 1 aromatic carbocycles. The molecule has 24 heavy (non-hydrogen) atoms. The van der Waals surface area contributed by atoms with Crippen molar-refractivity contribution in [2.75, 3.05) is 0 Å². The second kappa shape index (κ2) is 5.78. The first-order chi connectivity index (χ1) is 11.6. The van der Waals surface area contributed by atoms with Crippen LogP contribution in [0.15, 0.2) is 30.5 Å². The van der Waals surface area contributed by atoms with E-state index in [1.807, 2.05) is 42.7 Å². The van der Waals surface area contributed by atoms with E-state index in [0.29, 0.717) is 6.54 Å². The van der Waals surface area contributed by atoms with E-state index in [1.165, 1.54) is 0 Å². The van der Waals surface area contributed by atoms with Crippen molar-refractivity contribution in [3.8, 4) is 0 Å². The van der Waals surface area contributed by atoms with Crippen LogP contribution in [0.3, 0.4) is 0 Å². The molecule has 3 aromatic rings. The van der Waals surface area contributed by atoms with Gasteiger partial charge in [0.25, 0.3) is 0 Å². The first kappa shape index (κ1) is 14.9. The molecule has 0 radical (unpaired) electrons. The highest BCUT2D eigenvalue weighted by molar-refractivity contribution is 5.81. The van der Waals surface area contributed by atoms with Crippen molar-refractivity contribution in [1.82, 2.24) is 24.4 Å². The van der Waals surface area contributed by atoms with Gasteiger partial charge in [-0.2, -0.15) is 0 Å². The van der Waals surface area contributed by atoms with Gasteiger partial charge in [-0.25, -0.2) is 9.97 Å². The minimum absolute atomic E-state index is 0.0338. The van der Waals surface area contributed by atoms with E-state index in [1.54, 1.807) is 0 Å². The molecule has 1 aliphatic rings. The number of rotatable bonds is 3. The van der Waals surface area contributed by atoms with E-state index in [-0.39, 0.29) is 11.9 Å². The Morgan fingerprint density at radius 1 is 1.29 bits per heavy atom. The van der Waals surface area contributed by atoms with Gasteiger partial charge in [-0.15, -0.1) is 0 Å². The summed E-state index contributed by atoms with van der Waals surface area (Å²) in [5, 5.41) is 3.16. The number of hydrogen-bond acceptors (Lipinski definition) is 3. The standard InChI is InChI=1S/C18H21N5O/c1-12-9-22-10-14(7-8-17(22)19-12)21-18(24)11-23-13(2)20-15-5-3-4-6-16(15)23/h3-6,9,14H,7-8,10-11H2,1-2H3,(H,21,24)/t14-/m0/s1. The summed E-state index contributed by atoms with van der Waals surface area (Å²) in [4.78, 5) is 21.5. The highest BCUT2D eigenvalue weighted by atomic mass is 16.2. The lowest BCUT2D eigenvalue weighted by Crippen LogP contribution is -2.42. The van der Waals surface area contributed by atoms with Gasteiger partial charge in [0.05, 0.1) is 16.7 Å². The summed E-state index contributed by atoms with van der Waals surface area (Å²) in [5.74, 6) is 2.02. The monoisotopic (exact) mass is 323 g/mol. The molecule has 124 valence electrons. The Balaban J connectivity index is 1.46. The molecule has 3 heterocycles. The van der Waals surface area contributed by atoms with Gasteiger partial charge >= 0.3 is 0 Å². The maximum atomic E-state index is 12.5. The smallest absolute Gasteiger partial charge is 0.240 e. The second-order valence-corrected chi connectivity index (χ2v) is 6.49. The summed E-state index contributed by atoms with van der Waals surface area (Å²) in [6.07, 6.45) is 3.90. The van der Waals surface area contributed by atoms with Crippen molar-refractivity contribution in [2.24, 2.45) is 0 Å². The number of aromatic nitrogens is 4. The van der Waals surface area contributed by atoms with Gasteiger partial charge in [-0.05, 0) is 32.4 Å². The zero-order chi connectivity index (χ0) is 16.7. The SMILES string of the molecule is Cc1cn2c(n1)CC[C@H](NC(=O)Cn1c(C)nc3ccccc31)C2. The molecular weight excluding hydrogens is 302 g/mol. The van der Waals surface area contributed by atoms with Crippen molar-refractivity contribution in [1.29, 1.82) is 0 Å². The van der Waals surface area contributed by atoms with Crippen LogP contribution >= 0.6 is 0 Å². The Morgan fingerprint density at radius 2 is 2.12 bits per heavy atom. The first-order valence-electron chi connectivity index (χ1n) is 8.34. The highest BCUT2D eigenvalue weighted by Gasteiger charge is 2.21. The van der Waals surface area contributed by atoms with Crippen LogP contribution in [0, 0.1) is 13.8 Å².